The van der Waals surface area contributed by atoms with E-state index in [9.17, 15) is 4.79 Å². The van der Waals surface area contributed by atoms with Crippen molar-refractivity contribution in [1.82, 2.24) is 14.9 Å². The number of anilines is 1. The standard InChI is InChI=1S/C20H23ClN4O/c21-17-6-2-1-5-16(17)18-7-3-12-25(18)19(26)15-8-13-24(14-9-15)20-22-10-4-11-23-20/h1-2,4-6,10-11,15,18H,3,7-9,12-14H2. The third kappa shape index (κ3) is 3.40. The van der Waals surface area contributed by atoms with E-state index >= 15 is 0 Å². The number of carbonyl (C=O) groups excluding carboxylic acids is 1. The molecular weight excluding hydrogens is 348 g/mol. The molecule has 0 bridgehead atoms. The Labute approximate surface area is 159 Å². The molecule has 2 aromatic rings. The first kappa shape index (κ1) is 17.3. The summed E-state index contributed by atoms with van der Waals surface area (Å²) < 4.78 is 0. The number of piperidine rings is 1. The van der Waals surface area contributed by atoms with E-state index in [1.54, 1.807) is 12.4 Å². The first-order valence-electron chi connectivity index (χ1n) is 9.31. The summed E-state index contributed by atoms with van der Waals surface area (Å²) in [6.07, 6.45) is 7.26. The maximum atomic E-state index is 13.2. The molecule has 0 N–H and O–H groups in total. The fourth-order valence-electron chi connectivity index (χ4n) is 4.11. The Morgan fingerprint density at radius 3 is 2.46 bits per heavy atom. The number of carbonyl (C=O) groups is 1. The van der Waals surface area contributed by atoms with Gasteiger partial charge in [-0.25, -0.2) is 9.97 Å². The smallest absolute Gasteiger partial charge is 0.226 e. The van der Waals surface area contributed by atoms with Crippen molar-refractivity contribution in [1.29, 1.82) is 0 Å². The third-order valence-electron chi connectivity index (χ3n) is 5.48. The Morgan fingerprint density at radius 2 is 1.73 bits per heavy atom. The monoisotopic (exact) mass is 370 g/mol. The number of rotatable bonds is 3. The van der Waals surface area contributed by atoms with Crippen LogP contribution in [0.1, 0.15) is 37.3 Å². The summed E-state index contributed by atoms with van der Waals surface area (Å²) in [4.78, 5) is 26.0. The lowest BCUT2D eigenvalue weighted by atomic mass is 9.94. The van der Waals surface area contributed by atoms with Crippen molar-refractivity contribution in [3.63, 3.8) is 0 Å². The molecule has 2 fully saturated rings. The summed E-state index contributed by atoms with van der Waals surface area (Å²) in [5.74, 6) is 1.12. The van der Waals surface area contributed by atoms with Gasteiger partial charge in [-0.15, -0.1) is 0 Å². The molecule has 26 heavy (non-hydrogen) atoms. The summed E-state index contributed by atoms with van der Waals surface area (Å²) in [7, 11) is 0. The molecule has 4 rings (SSSR count). The molecule has 0 saturated carbocycles. The van der Waals surface area contributed by atoms with Crippen molar-refractivity contribution >= 4 is 23.5 Å². The molecular formula is C20H23ClN4O. The second-order valence-corrected chi connectivity index (χ2v) is 7.43. The number of amides is 1. The van der Waals surface area contributed by atoms with E-state index < -0.39 is 0 Å². The number of likely N-dealkylation sites (tertiary alicyclic amines) is 1. The Kier molecular flexibility index (Phi) is 5.07. The van der Waals surface area contributed by atoms with Crippen molar-refractivity contribution in [2.75, 3.05) is 24.5 Å². The second-order valence-electron chi connectivity index (χ2n) is 7.02. The molecule has 1 aromatic carbocycles. The molecule has 0 aliphatic carbocycles. The van der Waals surface area contributed by atoms with Crippen molar-refractivity contribution in [3.05, 3.63) is 53.3 Å². The Bertz CT molecular complexity index is 761. The summed E-state index contributed by atoms with van der Waals surface area (Å²) >= 11 is 6.39. The van der Waals surface area contributed by atoms with Crippen LogP contribution in [0.15, 0.2) is 42.7 Å². The molecule has 2 aliphatic heterocycles. The van der Waals surface area contributed by atoms with E-state index in [1.807, 2.05) is 30.3 Å². The van der Waals surface area contributed by atoms with Gasteiger partial charge in [-0.1, -0.05) is 29.8 Å². The number of nitrogens with zero attached hydrogens (tertiary/aromatic N) is 4. The van der Waals surface area contributed by atoms with Crippen LogP contribution in [-0.4, -0.2) is 40.4 Å². The lowest BCUT2D eigenvalue weighted by Crippen LogP contribution is -2.42. The summed E-state index contributed by atoms with van der Waals surface area (Å²) in [6, 6.07) is 9.84. The molecule has 2 saturated heterocycles. The van der Waals surface area contributed by atoms with Gasteiger partial charge in [0.15, 0.2) is 0 Å². The molecule has 0 spiro atoms. The molecule has 0 radical (unpaired) electrons. The van der Waals surface area contributed by atoms with Gasteiger partial charge in [0.2, 0.25) is 11.9 Å². The zero-order valence-electron chi connectivity index (χ0n) is 14.7. The molecule has 1 amide bonds. The Balaban J connectivity index is 1.42. The predicted molar refractivity (Wildman–Crippen MR) is 102 cm³/mol. The maximum Gasteiger partial charge on any atom is 0.226 e. The van der Waals surface area contributed by atoms with Gasteiger partial charge in [-0.2, -0.15) is 0 Å². The number of benzene rings is 1. The molecule has 1 aromatic heterocycles. The van der Waals surface area contributed by atoms with Gasteiger partial charge in [0.25, 0.3) is 0 Å². The highest BCUT2D eigenvalue weighted by Gasteiger charge is 2.36. The third-order valence-corrected chi connectivity index (χ3v) is 5.82. The van der Waals surface area contributed by atoms with E-state index in [2.05, 4.69) is 19.8 Å². The van der Waals surface area contributed by atoms with Crippen molar-refractivity contribution in [2.45, 2.75) is 31.7 Å². The number of aromatic nitrogens is 2. The first-order valence-corrected chi connectivity index (χ1v) is 9.68. The van der Waals surface area contributed by atoms with Crippen LogP contribution in [0.25, 0.3) is 0 Å². The van der Waals surface area contributed by atoms with Crippen molar-refractivity contribution in [2.24, 2.45) is 5.92 Å². The van der Waals surface area contributed by atoms with Crippen LogP contribution < -0.4 is 4.90 Å². The minimum Gasteiger partial charge on any atom is -0.341 e. The molecule has 6 heteroatoms. The van der Waals surface area contributed by atoms with Crippen LogP contribution in [0.3, 0.4) is 0 Å². The quantitative estimate of drug-likeness (QED) is 0.826. The lowest BCUT2D eigenvalue weighted by Gasteiger charge is -2.35. The van der Waals surface area contributed by atoms with Crippen LogP contribution >= 0.6 is 11.6 Å². The SMILES string of the molecule is O=C(C1CCN(c2ncccn2)CC1)N1CCCC1c1ccccc1Cl. The highest BCUT2D eigenvalue weighted by Crippen LogP contribution is 2.37. The largest absolute Gasteiger partial charge is 0.341 e. The van der Waals surface area contributed by atoms with Crippen LogP contribution in [0.4, 0.5) is 5.95 Å². The predicted octanol–water partition coefficient (Wildman–Crippen LogP) is 3.71. The molecule has 1 atom stereocenters. The van der Waals surface area contributed by atoms with Crippen molar-refractivity contribution < 1.29 is 4.79 Å². The van der Waals surface area contributed by atoms with Crippen LogP contribution in [-0.2, 0) is 4.79 Å². The zero-order valence-corrected chi connectivity index (χ0v) is 15.5. The molecule has 1 unspecified atom stereocenters. The van der Waals surface area contributed by atoms with E-state index in [0.29, 0.717) is 0 Å². The summed E-state index contributed by atoms with van der Waals surface area (Å²) in [5, 5.41) is 0.758. The Morgan fingerprint density at radius 1 is 1.00 bits per heavy atom. The fraction of sp³-hybridized carbons (Fsp3) is 0.450. The van der Waals surface area contributed by atoms with Gasteiger partial charge in [-0.3, -0.25) is 4.79 Å². The molecule has 5 nitrogen and oxygen atoms in total. The minimum atomic E-state index is 0.0815. The number of hydrogen-bond acceptors (Lipinski definition) is 4. The second kappa shape index (κ2) is 7.62. The highest BCUT2D eigenvalue weighted by molar-refractivity contribution is 6.31. The molecule has 136 valence electrons. The van der Waals surface area contributed by atoms with Gasteiger partial charge >= 0.3 is 0 Å². The highest BCUT2D eigenvalue weighted by atomic mass is 35.5. The van der Waals surface area contributed by atoms with Crippen LogP contribution in [0.2, 0.25) is 5.02 Å². The van der Waals surface area contributed by atoms with Gasteiger partial charge < -0.3 is 9.80 Å². The average Bonchev–Trinajstić information content (AvgIpc) is 3.18. The van der Waals surface area contributed by atoms with Gasteiger partial charge in [0.05, 0.1) is 6.04 Å². The van der Waals surface area contributed by atoms with Crippen LogP contribution in [0, 0.1) is 5.92 Å². The average molecular weight is 371 g/mol. The first-order chi connectivity index (χ1) is 12.7. The van der Waals surface area contributed by atoms with Gasteiger partial charge in [0.1, 0.15) is 0 Å². The molecule has 3 heterocycles. The van der Waals surface area contributed by atoms with Crippen molar-refractivity contribution in [3.8, 4) is 0 Å². The Hall–Kier alpha value is -2.14. The summed E-state index contributed by atoms with van der Waals surface area (Å²) in [5.41, 5.74) is 1.08. The van der Waals surface area contributed by atoms with Crippen LogP contribution in [0.5, 0.6) is 0 Å². The molecule has 2 aliphatic rings. The fourth-order valence-corrected chi connectivity index (χ4v) is 4.38. The van der Waals surface area contributed by atoms with Gasteiger partial charge in [0, 0.05) is 43.0 Å². The van der Waals surface area contributed by atoms with E-state index in [0.717, 1.165) is 61.9 Å². The normalized spacial score (nSPS) is 21.2. The lowest BCUT2D eigenvalue weighted by molar-refractivity contribution is -0.137. The minimum absolute atomic E-state index is 0.0815. The topological polar surface area (TPSA) is 49.3 Å². The number of hydrogen-bond donors (Lipinski definition) is 0. The maximum absolute atomic E-state index is 13.2. The van der Waals surface area contributed by atoms with Gasteiger partial charge in [-0.05, 0) is 43.4 Å². The summed E-state index contributed by atoms with van der Waals surface area (Å²) in [6.45, 7) is 2.48. The van der Waals surface area contributed by atoms with E-state index in [-0.39, 0.29) is 17.9 Å². The van der Waals surface area contributed by atoms with E-state index in [4.69, 9.17) is 11.6 Å². The number of halogens is 1. The van der Waals surface area contributed by atoms with E-state index in [1.165, 1.54) is 0 Å². The zero-order chi connectivity index (χ0) is 17.9.